The molecule has 0 atom stereocenters. The van der Waals surface area contributed by atoms with E-state index in [4.69, 9.17) is 10.5 Å². The Hall–Kier alpha value is -1.85. The van der Waals surface area contributed by atoms with Crippen molar-refractivity contribution in [1.29, 1.82) is 0 Å². The largest absolute Gasteiger partial charge is 0.479 e. The predicted molar refractivity (Wildman–Crippen MR) is 82.2 cm³/mol. The lowest BCUT2D eigenvalue weighted by Crippen LogP contribution is -2.19. The first-order valence-corrected chi connectivity index (χ1v) is 7.77. The van der Waals surface area contributed by atoms with Crippen LogP contribution in [0.3, 0.4) is 0 Å². The molecule has 2 aromatic rings. The summed E-state index contributed by atoms with van der Waals surface area (Å²) in [5.74, 6) is 1.87. The number of methoxy groups -OCH3 is 1. The van der Waals surface area contributed by atoms with Gasteiger partial charge in [-0.15, -0.1) is 0 Å². The summed E-state index contributed by atoms with van der Waals surface area (Å²) >= 11 is 0. The van der Waals surface area contributed by atoms with Gasteiger partial charge < -0.3 is 10.5 Å². The lowest BCUT2D eigenvalue weighted by atomic mass is 9.83. The third kappa shape index (κ3) is 2.54. The predicted octanol–water partition coefficient (Wildman–Crippen LogP) is 2.95. The van der Waals surface area contributed by atoms with Crippen molar-refractivity contribution < 1.29 is 4.74 Å². The topological polar surface area (TPSA) is 78.9 Å². The zero-order valence-corrected chi connectivity index (χ0v) is 12.7. The molecule has 0 amide bonds. The maximum absolute atomic E-state index is 6.13. The minimum atomic E-state index is 0.391. The van der Waals surface area contributed by atoms with E-state index in [1.54, 1.807) is 7.11 Å². The molecule has 6 heteroatoms. The van der Waals surface area contributed by atoms with Gasteiger partial charge in [-0.3, -0.25) is 4.57 Å². The van der Waals surface area contributed by atoms with Crippen LogP contribution in [0.1, 0.15) is 51.5 Å². The van der Waals surface area contributed by atoms with Crippen molar-refractivity contribution in [1.82, 2.24) is 19.5 Å². The van der Waals surface area contributed by atoms with Gasteiger partial charge in [0.15, 0.2) is 11.2 Å². The van der Waals surface area contributed by atoms with Gasteiger partial charge in [0, 0.05) is 6.04 Å². The Labute approximate surface area is 124 Å². The van der Waals surface area contributed by atoms with Gasteiger partial charge in [0.25, 0.3) is 0 Å². The van der Waals surface area contributed by atoms with Crippen molar-refractivity contribution in [3.63, 3.8) is 0 Å². The number of nitrogens with two attached hydrogens (primary N) is 1. The highest BCUT2D eigenvalue weighted by Crippen LogP contribution is 2.37. The lowest BCUT2D eigenvalue weighted by molar-refractivity contribution is 0.267. The zero-order valence-electron chi connectivity index (χ0n) is 12.7. The van der Waals surface area contributed by atoms with Crippen molar-refractivity contribution in [2.75, 3.05) is 12.8 Å². The lowest BCUT2D eigenvalue weighted by Gasteiger charge is -2.29. The van der Waals surface area contributed by atoms with Crippen LogP contribution in [0.4, 0.5) is 5.95 Å². The van der Waals surface area contributed by atoms with Crippen LogP contribution in [0.2, 0.25) is 0 Å². The van der Waals surface area contributed by atoms with Crippen LogP contribution in [-0.4, -0.2) is 26.6 Å². The smallest absolute Gasteiger partial charge is 0.245 e. The summed E-state index contributed by atoms with van der Waals surface area (Å²) in [6, 6.07) is 0.391. The Kier molecular flexibility index (Phi) is 3.94. The van der Waals surface area contributed by atoms with Gasteiger partial charge in [-0.25, -0.2) is 9.97 Å². The number of rotatable bonds is 4. The molecule has 0 unspecified atom stereocenters. The standard InChI is InChI=1S/C15H23N5O/c1-3-4-10-5-7-11(8-6-10)20-13-12(19-15(20)16)14(21-2)18-9-17-13/h9-11H,3-8H2,1-2H3,(H2,16,19). The second-order valence-electron chi connectivity index (χ2n) is 5.86. The van der Waals surface area contributed by atoms with Gasteiger partial charge in [0.2, 0.25) is 11.8 Å². The van der Waals surface area contributed by atoms with Crippen molar-refractivity contribution in [2.45, 2.75) is 51.5 Å². The fourth-order valence-corrected chi connectivity index (χ4v) is 3.51. The Morgan fingerprint density at radius 2 is 2.05 bits per heavy atom. The highest BCUT2D eigenvalue weighted by molar-refractivity contribution is 5.79. The zero-order chi connectivity index (χ0) is 14.8. The maximum Gasteiger partial charge on any atom is 0.245 e. The van der Waals surface area contributed by atoms with Gasteiger partial charge in [0.05, 0.1) is 7.11 Å². The Balaban J connectivity index is 1.89. The molecule has 1 saturated carbocycles. The first kappa shape index (κ1) is 14.1. The third-order valence-electron chi connectivity index (χ3n) is 4.54. The normalized spacial score (nSPS) is 22.6. The summed E-state index contributed by atoms with van der Waals surface area (Å²) in [7, 11) is 1.59. The molecule has 1 aliphatic carbocycles. The number of aromatic nitrogens is 4. The van der Waals surface area contributed by atoms with E-state index in [0.29, 0.717) is 23.4 Å². The number of nitrogen functional groups attached to an aromatic ring is 1. The molecule has 2 N–H and O–H groups in total. The van der Waals surface area contributed by atoms with Crippen LogP contribution < -0.4 is 10.5 Å². The van der Waals surface area contributed by atoms with Crippen LogP contribution in [-0.2, 0) is 0 Å². The molecule has 0 spiro atoms. The number of imidazole rings is 1. The number of ether oxygens (including phenoxy) is 1. The van der Waals surface area contributed by atoms with Crippen LogP contribution >= 0.6 is 0 Å². The first-order chi connectivity index (χ1) is 10.2. The van der Waals surface area contributed by atoms with Crippen LogP contribution in [0.15, 0.2) is 6.33 Å². The molecule has 0 aromatic carbocycles. The van der Waals surface area contributed by atoms with Crippen molar-refractivity contribution in [3.05, 3.63) is 6.33 Å². The summed E-state index contributed by atoms with van der Waals surface area (Å²) in [6.45, 7) is 2.26. The van der Waals surface area contributed by atoms with E-state index < -0.39 is 0 Å². The van der Waals surface area contributed by atoms with E-state index in [-0.39, 0.29) is 0 Å². The average molecular weight is 289 g/mol. The SMILES string of the molecule is CCCC1CCC(n2c(N)nc3c(OC)ncnc32)CC1. The van der Waals surface area contributed by atoms with Crippen molar-refractivity contribution in [2.24, 2.45) is 5.92 Å². The van der Waals surface area contributed by atoms with Gasteiger partial charge in [0.1, 0.15) is 6.33 Å². The highest BCUT2D eigenvalue weighted by atomic mass is 16.5. The van der Waals surface area contributed by atoms with Crippen LogP contribution in [0.25, 0.3) is 11.2 Å². The number of hydrogen-bond donors (Lipinski definition) is 1. The van der Waals surface area contributed by atoms with Gasteiger partial charge in [-0.2, -0.15) is 4.98 Å². The van der Waals surface area contributed by atoms with Crippen LogP contribution in [0, 0.1) is 5.92 Å². The van der Waals surface area contributed by atoms with Gasteiger partial charge in [-0.1, -0.05) is 19.8 Å². The monoisotopic (exact) mass is 289 g/mol. The van der Waals surface area contributed by atoms with E-state index in [1.807, 2.05) is 0 Å². The molecule has 0 radical (unpaired) electrons. The van der Waals surface area contributed by atoms with E-state index in [9.17, 15) is 0 Å². The Bertz CT molecular complexity index is 616. The molecule has 0 saturated heterocycles. The average Bonchev–Trinajstić information content (AvgIpc) is 2.84. The molecule has 21 heavy (non-hydrogen) atoms. The molecule has 0 bridgehead atoms. The maximum atomic E-state index is 6.13. The summed E-state index contributed by atoms with van der Waals surface area (Å²) in [6.07, 6.45) is 8.94. The molecular formula is C15H23N5O. The van der Waals surface area contributed by atoms with E-state index in [0.717, 1.165) is 24.4 Å². The molecule has 1 aliphatic rings. The Morgan fingerprint density at radius 3 is 2.71 bits per heavy atom. The quantitative estimate of drug-likeness (QED) is 0.936. The summed E-state index contributed by atoms with van der Waals surface area (Å²) in [4.78, 5) is 12.9. The molecular weight excluding hydrogens is 266 g/mol. The van der Waals surface area contributed by atoms with Gasteiger partial charge in [-0.05, 0) is 31.6 Å². The van der Waals surface area contributed by atoms with E-state index in [1.165, 1.54) is 32.0 Å². The molecule has 3 rings (SSSR count). The van der Waals surface area contributed by atoms with Crippen LogP contribution in [0.5, 0.6) is 5.88 Å². The fraction of sp³-hybridized carbons (Fsp3) is 0.667. The fourth-order valence-electron chi connectivity index (χ4n) is 3.51. The highest BCUT2D eigenvalue weighted by Gasteiger charge is 2.26. The number of anilines is 1. The van der Waals surface area contributed by atoms with Crippen molar-refractivity contribution in [3.8, 4) is 5.88 Å². The molecule has 1 fully saturated rings. The molecule has 114 valence electrons. The minimum absolute atomic E-state index is 0.391. The summed E-state index contributed by atoms with van der Waals surface area (Å²) in [5.41, 5.74) is 7.58. The third-order valence-corrected chi connectivity index (χ3v) is 4.54. The van der Waals surface area contributed by atoms with Crippen molar-refractivity contribution >= 4 is 17.1 Å². The Morgan fingerprint density at radius 1 is 1.29 bits per heavy atom. The number of fused-ring (bicyclic) bond motifs is 1. The number of hydrogen-bond acceptors (Lipinski definition) is 5. The molecule has 0 aliphatic heterocycles. The van der Waals surface area contributed by atoms with E-state index >= 15 is 0 Å². The first-order valence-electron chi connectivity index (χ1n) is 7.77. The second-order valence-corrected chi connectivity index (χ2v) is 5.86. The molecule has 6 nitrogen and oxygen atoms in total. The summed E-state index contributed by atoms with van der Waals surface area (Å²) < 4.78 is 7.32. The molecule has 2 aromatic heterocycles. The summed E-state index contributed by atoms with van der Waals surface area (Å²) in [5, 5.41) is 0. The van der Waals surface area contributed by atoms with E-state index in [2.05, 4.69) is 26.4 Å². The number of nitrogens with zero attached hydrogens (tertiary/aromatic N) is 4. The minimum Gasteiger partial charge on any atom is -0.479 e. The van der Waals surface area contributed by atoms with Gasteiger partial charge >= 0.3 is 0 Å². The second kappa shape index (κ2) is 5.87. The molecule has 2 heterocycles.